The maximum Gasteiger partial charge on any atom is 0.246 e. The van der Waals surface area contributed by atoms with Gasteiger partial charge in [-0.05, 0) is 35.6 Å². The molecule has 0 saturated carbocycles. The van der Waals surface area contributed by atoms with Crippen LogP contribution in [-0.4, -0.2) is 77.3 Å². The average molecular weight is 624 g/mol. The van der Waals surface area contributed by atoms with E-state index in [2.05, 4.69) is 15.6 Å². The first-order chi connectivity index (χ1) is 20.9. The number of benzene rings is 2. The Morgan fingerprint density at radius 1 is 1.14 bits per heavy atom. The highest BCUT2D eigenvalue weighted by atomic mass is 32.1. The molecule has 2 heterocycles. The summed E-state index contributed by atoms with van der Waals surface area (Å²) in [5.41, 5.74) is 10.4. The Hall–Kier alpha value is -4.00. The van der Waals surface area contributed by atoms with Gasteiger partial charge in [-0.2, -0.15) is 0 Å². The number of β-amino-alcohol motifs (C(OH)–C–C–N with tert-alkyl or cyclic N) is 1. The molecule has 3 atom stereocenters. The second-order valence-corrected chi connectivity index (χ2v) is 12.7. The lowest BCUT2D eigenvalue weighted by Crippen LogP contribution is -2.58. The van der Waals surface area contributed by atoms with Crippen molar-refractivity contribution >= 4 is 34.7 Å². The number of amides is 3. The lowest BCUT2D eigenvalue weighted by molar-refractivity contribution is -0.144. The van der Waals surface area contributed by atoms with Gasteiger partial charge in [-0.25, -0.2) is 4.98 Å². The number of likely N-dealkylation sites (tertiary alicyclic amines) is 1. The number of thiazole rings is 1. The normalized spacial score (nSPS) is 17.2. The van der Waals surface area contributed by atoms with Crippen LogP contribution < -0.4 is 21.1 Å². The van der Waals surface area contributed by atoms with Crippen molar-refractivity contribution in [2.75, 3.05) is 32.1 Å². The molecule has 1 aliphatic rings. The van der Waals surface area contributed by atoms with E-state index < -0.39 is 35.4 Å². The summed E-state index contributed by atoms with van der Waals surface area (Å²) < 4.78 is 11.0. The number of aromatic nitrogens is 1. The van der Waals surface area contributed by atoms with Crippen LogP contribution in [0, 0.1) is 12.3 Å². The van der Waals surface area contributed by atoms with E-state index in [1.165, 1.54) is 4.90 Å². The molecule has 0 bridgehead atoms. The van der Waals surface area contributed by atoms with Gasteiger partial charge in [0, 0.05) is 19.5 Å². The molecule has 1 saturated heterocycles. The SMILES string of the molecule is Cc1ncsc1-c1ccc(CNC(=O)C2CC(O)CN2C(=O)C(NC(=O)COCCOc2ccccc2N)C(C)(C)C)cc1. The molecule has 0 spiro atoms. The van der Waals surface area contributed by atoms with E-state index in [0.717, 1.165) is 21.7 Å². The number of nitrogen functional groups attached to an aromatic ring is 1. The summed E-state index contributed by atoms with van der Waals surface area (Å²) in [5.74, 6) is -0.742. The van der Waals surface area contributed by atoms with Crippen molar-refractivity contribution in [1.82, 2.24) is 20.5 Å². The van der Waals surface area contributed by atoms with Gasteiger partial charge < -0.3 is 35.8 Å². The molecule has 2 aromatic carbocycles. The molecule has 1 aliphatic heterocycles. The lowest BCUT2D eigenvalue weighted by atomic mass is 9.85. The third-order valence-corrected chi connectivity index (χ3v) is 8.33. The van der Waals surface area contributed by atoms with Crippen LogP contribution in [0.2, 0.25) is 0 Å². The monoisotopic (exact) mass is 623 g/mol. The fourth-order valence-corrected chi connectivity index (χ4v) is 5.78. The third kappa shape index (κ3) is 8.55. The van der Waals surface area contributed by atoms with Crippen molar-refractivity contribution in [3.05, 3.63) is 65.3 Å². The van der Waals surface area contributed by atoms with Crippen LogP contribution in [0.15, 0.2) is 54.0 Å². The predicted octanol–water partition coefficient (Wildman–Crippen LogP) is 2.91. The smallest absolute Gasteiger partial charge is 0.246 e. The number of hydrogen-bond donors (Lipinski definition) is 4. The Morgan fingerprint density at radius 3 is 2.52 bits per heavy atom. The summed E-state index contributed by atoms with van der Waals surface area (Å²) in [7, 11) is 0. The number of para-hydroxylation sites is 2. The average Bonchev–Trinajstić information content (AvgIpc) is 3.60. The van der Waals surface area contributed by atoms with E-state index in [0.29, 0.717) is 11.4 Å². The first kappa shape index (κ1) is 32.9. The minimum absolute atomic E-state index is 0.00127. The largest absolute Gasteiger partial charge is 0.489 e. The summed E-state index contributed by atoms with van der Waals surface area (Å²) >= 11 is 1.58. The molecule has 5 N–H and O–H groups in total. The number of aryl methyl sites for hydroxylation is 1. The minimum Gasteiger partial charge on any atom is -0.489 e. The standard InChI is InChI=1S/C32H41N5O6S/c1-20-28(44-19-35-20)22-11-9-21(10-12-22)16-34-30(40)25-15-23(38)17-37(25)31(41)29(32(2,3)4)36-27(39)18-42-13-14-43-26-8-6-5-7-24(26)33/h5-12,19,23,25,29,38H,13-18,33H2,1-4H3,(H,34,40)(H,36,39). The predicted molar refractivity (Wildman–Crippen MR) is 169 cm³/mol. The highest BCUT2D eigenvalue weighted by Gasteiger charge is 2.44. The molecule has 3 amide bonds. The van der Waals surface area contributed by atoms with Crippen molar-refractivity contribution in [3.8, 4) is 16.2 Å². The van der Waals surface area contributed by atoms with Crippen LogP contribution in [0.4, 0.5) is 5.69 Å². The Balaban J connectivity index is 1.30. The van der Waals surface area contributed by atoms with Crippen LogP contribution in [-0.2, 0) is 25.7 Å². The Bertz CT molecular complexity index is 1440. The topological polar surface area (TPSA) is 156 Å². The van der Waals surface area contributed by atoms with E-state index in [9.17, 15) is 19.5 Å². The summed E-state index contributed by atoms with van der Waals surface area (Å²) in [4.78, 5) is 46.5. The molecular formula is C32H41N5O6S. The zero-order chi connectivity index (χ0) is 31.9. The number of rotatable bonds is 12. The quantitative estimate of drug-likeness (QED) is 0.177. The van der Waals surface area contributed by atoms with Gasteiger partial charge in [0.05, 0.1) is 34.5 Å². The number of hydrogen-bond acceptors (Lipinski definition) is 9. The van der Waals surface area contributed by atoms with Crippen molar-refractivity contribution in [1.29, 1.82) is 0 Å². The second-order valence-electron chi connectivity index (χ2n) is 11.9. The third-order valence-electron chi connectivity index (χ3n) is 7.35. The number of ether oxygens (including phenoxy) is 2. The van der Waals surface area contributed by atoms with Crippen molar-refractivity contribution in [3.63, 3.8) is 0 Å². The first-order valence-corrected chi connectivity index (χ1v) is 15.4. The maximum absolute atomic E-state index is 13.7. The van der Waals surface area contributed by atoms with Crippen LogP contribution >= 0.6 is 11.3 Å². The number of aliphatic hydroxyl groups excluding tert-OH is 1. The van der Waals surface area contributed by atoms with Crippen molar-refractivity contribution in [2.45, 2.75) is 58.8 Å². The molecule has 3 unspecified atom stereocenters. The van der Waals surface area contributed by atoms with Gasteiger partial charge in [-0.15, -0.1) is 11.3 Å². The van der Waals surface area contributed by atoms with Gasteiger partial charge >= 0.3 is 0 Å². The number of aliphatic hydroxyl groups is 1. The Morgan fingerprint density at radius 2 is 1.86 bits per heavy atom. The Labute approximate surface area is 261 Å². The van der Waals surface area contributed by atoms with E-state index in [1.54, 1.807) is 35.6 Å². The number of carbonyl (C=O) groups is 3. The molecule has 0 aliphatic carbocycles. The van der Waals surface area contributed by atoms with Crippen LogP contribution in [0.25, 0.3) is 10.4 Å². The number of nitrogens with two attached hydrogens (primary N) is 1. The van der Waals surface area contributed by atoms with Crippen molar-refractivity contribution < 1.29 is 29.0 Å². The van der Waals surface area contributed by atoms with Gasteiger partial charge in [0.1, 0.15) is 31.0 Å². The first-order valence-electron chi connectivity index (χ1n) is 14.5. The molecule has 1 fully saturated rings. The molecule has 0 radical (unpaired) electrons. The highest BCUT2D eigenvalue weighted by Crippen LogP contribution is 2.28. The van der Waals surface area contributed by atoms with Gasteiger partial charge in [0.15, 0.2) is 0 Å². The maximum atomic E-state index is 13.7. The summed E-state index contributed by atoms with van der Waals surface area (Å²) in [5, 5.41) is 16.1. The van der Waals surface area contributed by atoms with E-state index in [1.807, 2.05) is 57.5 Å². The Kier molecular flexibility index (Phi) is 11.0. The van der Waals surface area contributed by atoms with Gasteiger partial charge in [-0.3, -0.25) is 14.4 Å². The minimum atomic E-state index is -0.942. The van der Waals surface area contributed by atoms with Crippen molar-refractivity contribution in [2.24, 2.45) is 5.41 Å². The number of anilines is 1. The molecule has 3 aromatic rings. The molecule has 236 valence electrons. The molecule has 12 heteroatoms. The summed E-state index contributed by atoms with van der Waals surface area (Å²) in [6.07, 6.45) is -0.740. The van der Waals surface area contributed by atoms with E-state index in [-0.39, 0.29) is 45.2 Å². The highest BCUT2D eigenvalue weighted by molar-refractivity contribution is 7.13. The van der Waals surface area contributed by atoms with Crippen LogP contribution in [0.1, 0.15) is 38.4 Å². The molecular weight excluding hydrogens is 582 g/mol. The van der Waals surface area contributed by atoms with Gasteiger partial charge in [0.25, 0.3) is 0 Å². The zero-order valence-corrected chi connectivity index (χ0v) is 26.4. The fourth-order valence-electron chi connectivity index (χ4n) is 4.97. The van der Waals surface area contributed by atoms with E-state index in [4.69, 9.17) is 15.2 Å². The molecule has 1 aromatic heterocycles. The van der Waals surface area contributed by atoms with Gasteiger partial charge in [-0.1, -0.05) is 57.2 Å². The molecule has 44 heavy (non-hydrogen) atoms. The lowest BCUT2D eigenvalue weighted by Gasteiger charge is -2.35. The summed E-state index contributed by atoms with van der Waals surface area (Å²) in [6, 6.07) is 13.1. The summed E-state index contributed by atoms with van der Waals surface area (Å²) in [6.45, 7) is 7.78. The van der Waals surface area contributed by atoms with Gasteiger partial charge in [0.2, 0.25) is 17.7 Å². The molecule has 4 rings (SSSR count). The number of nitrogens with zero attached hydrogens (tertiary/aromatic N) is 2. The van der Waals surface area contributed by atoms with Crippen LogP contribution in [0.3, 0.4) is 0 Å². The van der Waals surface area contributed by atoms with E-state index >= 15 is 0 Å². The number of carbonyl (C=O) groups excluding carboxylic acids is 3. The fraction of sp³-hybridized carbons (Fsp3) is 0.438. The van der Waals surface area contributed by atoms with Crippen LogP contribution in [0.5, 0.6) is 5.75 Å². The second kappa shape index (κ2) is 14.7. The number of nitrogens with one attached hydrogen (secondary N) is 2. The molecule has 11 nitrogen and oxygen atoms in total. The zero-order valence-electron chi connectivity index (χ0n) is 25.5.